The van der Waals surface area contributed by atoms with E-state index in [4.69, 9.17) is 9.47 Å². The largest absolute Gasteiger partial charge is 0.464 e. The number of hydrogen-bond acceptors (Lipinski definition) is 9. The molecule has 2 aromatic heterocycles. The van der Waals surface area contributed by atoms with E-state index in [1.165, 1.54) is 64.0 Å². The van der Waals surface area contributed by atoms with Crippen LogP contribution >= 0.6 is 67.5 Å². The predicted molar refractivity (Wildman–Crippen MR) is 307 cm³/mol. The Labute approximate surface area is 475 Å². The fraction of sp³-hybridized carbons (Fsp3) is 0.500. The van der Waals surface area contributed by atoms with Crippen molar-refractivity contribution in [2.45, 2.75) is 110 Å². The molecule has 4 amide bonds. The molecule has 3 aliphatic heterocycles. The van der Waals surface area contributed by atoms with Crippen LogP contribution in [-0.2, 0) is 52.8 Å². The topological polar surface area (TPSA) is 155 Å². The highest BCUT2D eigenvalue weighted by molar-refractivity contribution is 7.60. The number of benzene rings is 2. The third kappa shape index (κ3) is 15.2. The van der Waals surface area contributed by atoms with E-state index in [1.807, 2.05) is 13.8 Å². The SMILES string of the molecule is C=CC(=O)N1CC[C@H](C(=O)N(C)[C@H](C(=O)N[C@H]2Cc3cc(cc(C(F)F)c3)-c3ccc4c(c3)c(c(-c3cccnc3[C@H](C)OC)n4CC(F)(F)F)CC(C)(C)COC(=O)[C@@H]3CCCN(N3)C2=O)C(C)C)C1.S.S.S.S.S. The number of nitrogens with one attached hydrogen (secondary N) is 2. The maximum atomic E-state index is 15.0. The molecule has 24 heteroatoms. The number of nitrogens with zero attached hydrogens (tertiary/aromatic N) is 5. The molecule has 4 aromatic rings. The molecule has 0 spiro atoms. The molecule has 6 bridgehead atoms. The molecule has 422 valence electrons. The summed E-state index contributed by atoms with van der Waals surface area (Å²) in [5.41, 5.74) is 4.23. The highest BCUT2D eigenvalue weighted by atomic mass is 32.1. The highest BCUT2D eigenvalue weighted by Gasteiger charge is 2.41. The second kappa shape index (κ2) is 27.9. The van der Waals surface area contributed by atoms with Crippen LogP contribution in [0.25, 0.3) is 33.3 Å². The van der Waals surface area contributed by atoms with Crippen LogP contribution in [0.3, 0.4) is 0 Å². The number of aromatic nitrogens is 2. The zero-order chi connectivity index (χ0) is 51.7. The van der Waals surface area contributed by atoms with Crippen LogP contribution < -0.4 is 10.7 Å². The summed E-state index contributed by atoms with van der Waals surface area (Å²) in [6.45, 7) is 11.4. The molecule has 0 saturated carbocycles. The number of cyclic esters (lactones) is 1. The smallest absolute Gasteiger partial charge is 0.406 e. The molecule has 5 heterocycles. The van der Waals surface area contributed by atoms with Crippen LogP contribution in [0, 0.1) is 17.3 Å². The van der Waals surface area contributed by atoms with Crippen molar-refractivity contribution in [3.8, 4) is 22.4 Å². The molecular weight excluding hydrogens is 1090 g/mol. The van der Waals surface area contributed by atoms with E-state index in [1.54, 1.807) is 51.1 Å². The normalized spacial score (nSPS) is 19.3. The minimum atomic E-state index is -4.68. The number of halogens is 5. The minimum Gasteiger partial charge on any atom is -0.464 e. The van der Waals surface area contributed by atoms with Crippen molar-refractivity contribution in [2.24, 2.45) is 17.3 Å². The number of likely N-dealkylation sites (N-methyl/N-ethyl adjacent to an activating group) is 1. The highest BCUT2D eigenvalue weighted by Crippen LogP contribution is 2.43. The Morgan fingerprint density at radius 1 is 1.00 bits per heavy atom. The van der Waals surface area contributed by atoms with E-state index >= 15 is 0 Å². The van der Waals surface area contributed by atoms with Crippen LogP contribution in [0.15, 0.2) is 67.4 Å². The molecule has 2 aromatic carbocycles. The van der Waals surface area contributed by atoms with E-state index < -0.39 is 84.0 Å². The third-order valence-electron chi connectivity index (χ3n) is 13.7. The van der Waals surface area contributed by atoms with Crippen molar-refractivity contribution in [1.29, 1.82) is 0 Å². The van der Waals surface area contributed by atoms with Gasteiger partial charge in [0.05, 0.1) is 30.0 Å². The van der Waals surface area contributed by atoms with Gasteiger partial charge in [-0.2, -0.15) is 80.6 Å². The van der Waals surface area contributed by atoms with Gasteiger partial charge in [0.25, 0.3) is 12.3 Å². The van der Waals surface area contributed by atoms with Gasteiger partial charge >= 0.3 is 12.1 Å². The average Bonchev–Trinajstić information content (AvgIpc) is 3.94. The first kappa shape index (κ1) is 67.6. The van der Waals surface area contributed by atoms with Crippen molar-refractivity contribution in [3.63, 3.8) is 0 Å². The Kier molecular flexibility index (Phi) is 24.8. The number of hydrazine groups is 1. The number of alkyl halides is 5. The van der Waals surface area contributed by atoms with Crippen molar-refractivity contribution < 1.29 is 55.4 Å². The fourth-order valence-electron chi connectivity index (χ4n) is 10.2. The first-order valence-electron chi connectivity index (χ1n) is 23.9. The molecule has 0 unspecified atom stereocenters. The van der Waals surface area contributed by atoms with Crippen LogP contribution in [-0.4, -0.2) is 119 Å². The second-order valence-corrected chi connectivity index (χ2v) is 20.0. The van der Waals surface area contributed by atoms with Crippen LogP contribution in [0.1, 0.15) is 88.8 Å². The number of carbonyl (C=O) groups excluding carboxylic acids is 5. The maximum Gasteiger partial charge on any atom is 0.406 e. The van der Waals surface area contributed by atoms with Gasteiger partial charge in [-0.1, -0.05) is 52.5 Å². The molecule has 14 nitrogen and oxygen atoms in total. The lowest BCUT2D eigenvalue weighted by molar-refractivity contribution is -0.155. The van der Waals surface area contributed by atoms with E-state index in [2.05, 4.69) is 22.3 Å². The predicted octanol–water partition coefficient (Wildman–Crippen LogP) is 8.31. The second-order valence-electron chi connectivity index (χ2n) is 20.0. The van der Waals surface area contributed by atoms with E-state index in [0.29, 0.717) is 47.2 Å². The molecule has 2 N–H and O–H groups in total. The van der Waals surface area contributed by atoms with Gasteiger partial charge in [0.15, 0.2) is 0 Å². The van der Waals surface area contributed by atoms with Gasteiger partial charge in [0, 0.05) is 73.9 Å². The number of likely N-dealkylation sites (tertiary alicyclic amines) is 1. The number of carbonyl (C=O) groups is 5. The average molecular weight is 1160 g/mol. The summed E-state index contributed by atoms with van der Waals surface area (Å²) in [5, 5.41) is 4.46. The molecule has 76 heavy (non-hydrogen) atoms. The fourth-order valence-corrected chi connectivity index (χ4v) is 10.2. The summed E-state index contributed by atoms with van der Waals surface area (Å²) in [7, 11) is 2.95. The van der Waals surface area contributed by atoms with Crippen molar-refractivity contribution in [1.82, 2.24) is 35.1 Å². The lowest BCUT2D eigenvalue weighted by Crippen LogP contribution is -2.62. The summed E-state index contributed by atoms with van der Waals surface area (Å²) >= 11 is 0. The number of amides is 4. The summed E-state index contributed by atoms with van der Waals surface area (Å²) < 4.78 is 87.0. The van der Waals surface area contributed by atoms with Gasteiger partial charge in [-0.15, -0.1) is 0 Å². The Balaban J connectivity index is 0.00000395. The van der Waals surface area contributed by atoms with Gasteiger partial charge in [0.1, 0.15) is 24.7 Å². The number of hydrogen-bond donors (Lipinski definition) is 2. The lowest BCUT2D eigenvalue weighted by atomic mass is 9.84. The van der Waals surface area contributed by atoms with Crippen molar-refractivity contribution in [3.05, 3.63) is 89.8 Å². The molecule has 0 aliphatic carbocycles. The number of fused-ring (bicyclic) bond motifs is 6. The third-order valence-corrected chi connectivity index (χ3v) is 13.7. The number of rotatable bonds is 11. The molecule has 7 rings (SSSR count). The van der Waals surface area contributed by atoms with Gasteiger partial charge in [0.2, 0.25) is 17.7 Å². The van der Waals surface area contributed by atoms with E-state index in [-0.39, 0.29) is 141 Å². The Morgan fingerprint density at radius 2 is 1.70 bits per heavy atom. The van der Waals surface area contributed by atoms with Gasteiger partial charge < -0.3 is 29.2 Å². The number of esters is 1. The minimum absolute atomic E-state index is 0. The molecule has 5 atom stereocenters. The Morgan fingerprint density at radius 3 is 2.33 bits per heavy atom. The number of pyridine rings is 1. The van der Waals surface area contributed by atoms with Crippen molar-refractivity contribution >= 4 is 108 Å². The monoisotopic (exact) mass is 1160 g/mol. The molecule has 0 radical (unpaired) electrons. The Bertz CT molecular complexity index is 2710. The summed E-state index contributed by atoms with van der Waals surface area (Å²) in [4.78, 5) is 76.8. The van der Waals surface area contributed by atoms with Crippen LogP contribution in [0.4, 0.5) is 22.0 Å². The maximum absolute atomic E-state index is 15.0. The van der Waals surface area contributed by atoms with Gasteiger partial charge in [-0.3, -0.25) is 34.0 Å². The molecular formula is C52H72F5N7O7S5. The molecule has 2 saturated heterocycles. The van der Waals surface area contributed by atoms with E-state index in [0.717, 1.165) is 0 Å². The quantitative estimate of drug-likeness (QED) is 0.0858. The summed E-state index contributed by atoms with van der Waals surface area (Å²) in [5.74, 6) is -3.81. The van der Waals surface area contributed by atoms with Crippen LogP contribution in [0.5, 0.6) is 0 Å². The van der Waals surface area contributed by atoms with Crippen LogP contribution in [0.2, 0.25) is 0 Å². The number of ether oxygens (including phenoxy) is 2. The first-order chi connectivity index (χ1) is 33.5. The first-order valence-corrected chi connectivity index (χ1v) is 23.9. The summed E-state index contributed by atoms with van der Waals surface area (Å²) in [6.07, 6.45) is -4.83. The van der Waals surface area contributed by atoms with Crippen molar-refractivity contribution in [2.75, 3.05) is 40.4 Å². The lowest BCUT2D eigenvalue weighted by Gasteiger charge is -2.37. The van der Waals surface area contributed by atoms with E-state index in [9.17, 15) is 45.9 Å². The standard InChI is InChI=1S/C52H62F5N7O7.5H2S/c1-9-42(65)62-19-16-33(26-62)48(67)61(7)44(29(2)3)47(66)59-40-22-31-20-34(23-35(21-31)46(53)54)32-14-15-41-37(24-32)38(25-51(5,6)28-71-50(69)39-13-11-18-64(60-39)49(40)68)45(63(41)27-52(55,56)57)36-12-10-17-58-43(36)30(4)70-8;;;;;/h9-10,12,14-15,17,20-21,23-24,29-30,33,39-40,44,46,60H,1,11,13,16,18-19,22,25-28H2,2-8H3,(H,59,66);5*1H2/t30-,33-,39-,40-,44-;;;;;/m0...../s1. The molecule has 3 aliphatic rings. The zero-order valence-corrected chi connectivity index (χ0v) is 48.6. The summed E-state index contributed by atoms with van der Waals surface area (Å²) in [6, 6.07) is 8.65. The zero-order valence-electron chi connectivity index (χ0n) is 43.6. The molecule has 2 fully saturated rings. The number of methoxy groups -OCH3 is 1. The Hall–Kier alpha value is -4.46. The van der Waals surface area contributed by atoms with Gasteiger partial charge in [-0.05, 0) is 97.2 Å². The van der Waals surface area contributed by atoms with Gasteiger partial charge in [-0.25, -0.2) is 14.2 Å².